The zero-order valence-electron chi connectivity index (χ0n) is 17.7. The van der Waals surface area contributed by atoms with Crippen molar-refractivity contribution in [3.8, 4) is 11.8 Å². The molecule has 4 heteroatoms. The molecule has 30 heavy (non-hydrogen) atoms. The first kappa shape index (κ1) is 22.8. The lowest BCUT2D eigenvalue weighted by Gasteiger charge is -2.08. The Morgan fingerprint density at radius 2 is 1.83 bits per heavy atom. The fourth-order valence-corrected chi connectivity index (χ4v) is 2.45. The van der Waals surface area contributed by atoms with Crippen LogP contribution in [0.5, 0.6) is 0 Å². The predicted octanol–water partition coefficient (Wildman–Crippen LogP) is 4.76. The summed E-state index contributed by atoms with van der Waals surface area (Å²) in [7, 11) is 1.81. The lowest BCUT2D eigenvalue weighted by Crippen LogP contribution is -2.20. The maximum atomic E-state index is 3.74. The van der Waals surface area contributed by atoms with Crippen LogP contribution in [0.4, 0.5) is 5.69 Å². The van der Waals surface area contributed by atoms with Gasteiger partial charge < -0.3 is 10.9 Å². The minimum atomic E-state index is 0.753. The Morgan fingerprint density at radius 1 is 1.07 bits per heavy atom. The Morgan fingerprint density at radius 3 is 2.53 bits per heavy atom. The van der Waals surface area contributed by atoms with E-state index < -0.39 is 0 Å². The number of hydrazine groups is 2. The van der Waals surface area contributed by atoms with Gasteiger partial charge in [-0.05, 0) is 55.3 Å². The molecule has 154 valence electrons. The van der Waals surface area contributed by atoms with Crippen LogP contribution in [0.3, 0.4) is 0 Å². The van der Waals surface area contributed by atoms with Crippen LogP contribution in [-0.4, -0.2) is 7.05 Å². The first-order valence-corrected chi connectivity index (χ1v) is 9.94. The molecule has 0 radical (unpaired) electrons. The molecular formula is C26H30N4. The zero-order valence-corrected chi connectivity index (χ0v) is 17.7. The summed E-state index contributed by atoms with van der Waals surface area (Å²) in [6.45, 7) is 6.58. The summed E-state index contributed by atoms with van der Waals surface area (Å²) in [6.07, 6.45) is 12.4. The fraction of sp³-hybridized carbons (Fsp3) is 0.154. The van der Waals surface area contributed by atoms with Crippen molar-refractivity contribution in [3.63, 3.8) is 0 Å². The van der Waals surface area contributed by atoms with Gasteiger partial charge in [-0.3, -0.25) is 0 Å². The van der Waals surface area contributed by atoms with Crippen molar-refractivity contribution in [3.05, 3.63) is 114 Å². The van der Waals surface area contributed by atoms with Gasteiger partial charge >= 0.3 is 0 Å². The van der Waals surface area contributed by atoms with Crippen LogP contribution in [0.25, 0.3) is 0 Å². The summed E-state index contributed by atoms with van der Waals surface area (Å²) in [5.41, 5.74) is 17.6. The molecule has 0 fully saturated rings. The van der Waals surface area contributed by atoms with Crippen molar-refractivity contribution in [2.45, 2.75) is 19.9 Å². The third kappa shape index (κ3) is 9.11. The van der Waals surface area contributed by atoms with Crippen molar-refractivity contribution in [1.82, 2.24) is 16.3 Å². The van der Waals surface area contributed by atoms with Crippen molar-refractivity contribution in [2.24, 2.45) is 0 Å². The van der Waals surface area contributed by atoms with Gasteiger partial charge in [-0.1, -0.05) is 59.9 Å². The zero-order chi connectivity index (χ0) is 21.4. The molecule has 0 saturated heterocycles. The predicted molar refractivity (Wildman–Crippen MR) is 128 cm³/mol. The molecule has 0 amide bonds. The lowest BCUT2D eigenvalue weighted by atomic mass is 10.1. The van der Waals surface area contributed by atoms with Crippen LogP contribution in [0.15, 0.2) is 97.3 Å². The quantitative estimate of drug-likeness (QED) is 0.202. The highest BCUT2D eigenvalue weighted by Gasteiger charge is 1.94. The topological polar surface area (TPSA) is 48.1 Å². The smallest absolute Gasteiger partial charge is 0.0488 e. The molecule has 0 bridgehead atoms. The van der Waals surface area contributed by atoms with E-state index in [2.05, 4.69) is 71.3 Å². The molecule has 0 spiro atoms. The van der Waals surface area contributed by atoms with E-state index >= 15 is 0 Å². The minimum Gasteiger partial charge on any atom is -0.329 e. The molecule has 0 heterocycles. The number of anilines is 1. The Hall–Kier alpha value is -3.52. The number of rotatable bonds is 10. The van der Waals surface area contributed by atoms with Crippen LogP contribution >= 0.6 is 0 Å². The normalized spacial score (nSPS) is 11.3. The number of hydrogen-bond donors (Lipinski definition) is 4. The highest BCUT2D eigenvalue weighted by atomic mass is 15.3. The summed E-state index contributed by atoms with van der Waals surface area (Å²) in [4.78, 5) is 0. The Kier molecular flexibility index (Phi) is 10.3. The van der Waals surface area contributed by atoms with Gasteiger partial charge in [-0.25, -0.2) is 10.9 Å². The van der Waals surface area contributed by atoms with Gasteiger partial charge in [0, 0.05) is 36.6 Å². The number of benzene rings is 2. The molecule has 0 saturated carbocycles. The first-order valence-electron chi connectivity index (χ1n) is 9.94. The minimum absolute atomic E-state index is 0.753. The second kappa shape index (κ2) is 13.6. The van der Waals surface area contributed by atoms with Gasteiger partial charge in [0.25, 0.3) is 0 Å². The molecule has 0 aliphatic heterocycles. The highest BCUT2D eigenvalue weighted by molar-refractivity contribution is 5.51. The summed E-state index contributed by atoms with van der Waals surface area (Å²) >= 11 is 0. The van der Waals surface area contributed by atoms with Gasteiger partial charge in [0.05, 0.1) is 0 Å². The monoisotopic (exact) mass is 398 g/mol. The van der Waals surface area contributed by atoms with Crippen molar-refractivity contribution in [2.75, 3.05) is 12.5 Å². The molecule has 2 aromatic carbocycles. The Labute approximate surface area is 180 Å². The third-order valence-corrected chi connectivity index (χ3v) is 4.08. The molecule has 4 N–H and O–H groups in total. The lowest BCUT2D eigenvalue weighted by molar-refractivity contribution is 0.731. The molecular weight excluding hydrogens is 368 g/mol. The van der Waals surface area contributed by atoms with E-state index in [1.165, 1.54) is 11.1 Å². The molecule has 0 aliphatic carbocycles. The highest BCUT2D eigenvalue weighted by Crippen LogP contribution is 2.09. The van der Waals surface area contributed by atoms with Gasteiger partial charge in [0.1, 0.15) is 0 Å². The van der Waals surface area contributed by atoms with E-state index in [-0.39, 0.29) is 0 Å². The van der Waals surface area contributed by atoms with E-state index in [1.807, 2.05) is 67.9 Å². The maximum absolute atomic E-state index is 3.74. The summed E-state index contributed by atoms with van der Waals surface area (Å²) in [6, 6.07) is 16.5. The third-order valence-electron chi connectivity index (χ3n) is 4.08. The van der Waals surface area contributed by atoms with Crippen molar-refractivity contribution in [1.29, 1.82) is 0 Å². The second-order valence-electron chi connectivity index (χ2n) is 6.59. The van der Waals surface area contributed by atoms with Crippen LogP contribution in [0.1, 0.15) is 23.1 Å². The van der Waals surface area contributed by atoms with E-state index in [0.29, 0.717) is 0 Å². The van der Waals surface area contributed by atoms with Crippen LogP contribution in [0.2, 0.25) is 0 Å². The number of aryl methyl sites for hydroxylation is 1. The van der Waals surface area contributed by atoms with Crippen LogP contribution in [0, 0.1) is 18.8 Å². The van der Waals surface area contributed by atoms with Crippen molar-refractivity contribution < 1.29 is 0 Å². The Bertz CT molecular complexity index is 924. The van der Waals surface area contributed by atoms with Gasteiger partial charge in [0.2, 0.25) is 0 Å². The molecule has 2 aromatic rings. The SMILES string of the molecule is C=CC\C=C/C(C#Cc1ccc(NNCc2ccc(C)cc2)cc1)=C\C=C\NNC. The van der Waals surface area contributed by atoms with Gasteiger partial charge in [0.15, 0.2) is 0 Å². The molecule has 0 unspecified atom stereocenters. The molecule has 0 aliphatic rings. The number of nitrogens with one attached hydrogen (secondary N) is 4. The average Bonchev–Trinajstić information content (AvgIpc) is 2.77. The molecule has 4 nitrogen and oxygen atoms in total. The van der Waals surface area contributed by atoms with Crippen LogP contribution < -0.4 is 21.7 Å². The van der Waals surface area contributed by atoms with Crippen LogP contribution in [-0.2, 0) is 6.54 Å². The molecule has 0 atom stereocenters. The summed E-state index contributed by atoms with van der Waals surface area (Å²) < 4.78 is 0. The second-order valence-corrected chi connectivity index (χ2v) is 6.59. The summed E-state index contributed by atoms with van der Waals surface area (Å²) in [5, 5.41) is 0. The number of hydrogen-bond acceptors (Lipinski definition) is 4. The fourth-order valence-electron chi connectivity index (χ4n) is 2.45. The largest absolute Gasteiger partial charge is 0.329 e. The average molecular weight is 399 g/mol. The maximum Gasteiger partial charge on any atom is 0.0488 e. The Balaban J connectivity index is 1.94. The van der Waals surface area contributed by atoms with E-state index in [0.717, 1.165) is 29.8 Å². The van der Waals surface area contributed by atoms with Gasteiger partial charge in [-0.2, -0.15) is 0 Å². The summed E-state index contributed by atoms with van der Waals surface area (Å²) in [5.74, 6) is 6.43. The van der Waals surface area contributed by atoms with E-state index in [9.17, 15) is 0 Å². The molecule has 2 rings (SSSR count). The number of allylic oxidation sites excluding steroid dienone is 6. The van der Waals surface area contributed by atoms with Gasteiger partial charge in [-0.15, -0.1) is 6.58 Å². The standard InChI is InChI=1S/C26H30N4/c1-4-5-6-8-23(9-7-20-28-27-3)14-15-24-16-18-26(19-17-24)30-29-21-25-12-10-22(2)11-13-25/h4,6-13,16-20,27-30H,1,5,21H2,2-3H3/b8-6-,20-7+,23-9+. The molecule has 0 aromatic heterocycles. The van der Waals surface area contributed by atoms with E-state index in [4.69, 9.17) is 0 Å². The first-order chi connectivity index (χ1) is 14.7. The van der Waals surface area contributed by atoms with E-state index in [1.54, 1.807) is 0 Å². The van der Waals surface area contributed by atoms with Crippen molar-refractivity contribution >= 4 is 5.69 Å².